The molecule has 2 aromatic rings. The van der Waals surface area contributed by atoms with Crippen molar-refractivity contribution in [3.63, 3.8) is 0 Å². The molecule has 152 valence electrons. The van der Waals surface area contributed by atoms with E-state index in [2.05, 4.69) is 0 Å². The number of carbonyl (C=O) groups is 3. The molecule has 0 aliphatic rings. The molecule has 0 heterocycles. The molecule has 2 aromatic carbocycles. The van der Waals surface area contributed by atoms with Crippen LogP contribution in [0.5, 0.6) is 11.5 Å². The van der Waals surface area contributed by atoms with E-state index in [9.17, 15) is 14.4 Å². The first-order chi connectivity index (χ1) is 12.4. The number of ether oxygens (including phenoxy) is 2. The summed E-state index contributed by atoms with van der Waals surface area (Å²) in [5.74, 6) is -0.0155. The molecule has 0 aliphatic carbocycles. The van der Waals surface area contributed by atoms with E-state index in [0.717, 1.165) is 11.1 Å². The van der Waals surface area contributed by atoms with Gasteiger partial charge >= 0.3 is 11.9 Å². The summed E-state index contributed by atoms with van der Waals surface area (Å²) in [4.78, 5) is 33.6. The number of ketones is 1. The molecule has 0 fully saturated rings. The Balaban J connectivity index is 0.00000364. The predicted octanol–water partition coefficient (Wildman–Crippen LogP) is 3.83. The quantitative estimate of drug-likeness (QED) is 0.232. The number of benzene rings is 2. The number of hydrogen-bond donors (Lipinski definition) is 0. The van der Waals surface area contributed by atoms with Crippen molar-refractivity contribution in [1.29, 1.82) is 0 Å². The number of carbonyl (C=O) groups excluding carboxylic acids is 3. The van der Waals surface area contributed by atoms with Crippen molar-refractivity contribution < 1.29 is 64.7 Å². The minimum absolute atomic E-state index is 0. The topological polar surface area (TPSA) is 69.7 Å². The molecular weight excluding hydrogens is 545 g/mol. The summed E-state index contributed by atoms with van der Waals surface area (Å²) >= 11 is 0. The van der Waals surface area contributed by atoms with Gasteiger partial charge in [-0.25, -0.2) is 0 Å². The first-order valence-electron chi connectivity index (χ1n) is 7.89. The molecular formula is C21H18O5Pd2. The second kappa shape index (κ2) is 13.1. The van der Waals surface area contributed by atoms with Gasteiger partial charge < -0.3 is 9.47 Å². The third-order valence-corrected chi connectivity index (χ3v) is 3.16. The van der Waals surface area contributed by atoms with E-state index < -0.39 is 0 Å². The molecule has 2 rings (SSSR count). The second-order valence-corrected chi connectivity index (χ2v) is 5.39. The average molecular weight is 563 g/mol. The van der Waals surface area contributed by atoms with Crippen molar-refractivity contribution in [2.24, 2.45) is 0 Å². The number of allylic oxidation sites excluding steroid dienone is 2. The Hall–Kier alpha value is -2.15. The first kappa shape index (κ1) is 25.9. The van der Waals surface area contributed by atoms with Crippen molar-refractivity contribution >= 4 is 29.9 Å². The van der Waals surface area contributed by atoms with Crippen LogP contribution < -0.4 is 9.47 Å². The maximum Gasteiger partial charge on any atom is 0.308 e. The van der Waals surface area contributed by atoms with Crippen LogP contribution >= 0.6 is 0 Å². The summed E-state index contributed by atoms with van der Waals surface area (Å²) < 4.78 is 9.89. The van der Waals surface area contributed by atoms with Gasteiger partial charge in [-0.2, -0.15) is 0 Å². The van der Waals surface area contributed by atoms with Gasteiger partial charge in [0, 0.05) is 54.7 Å². The van der Waals surface area contributed by atoms with Crippen LogP contribution in [0.25, 0.3) is 12.2 Å². The van der Waals surface area contributed by atoms with E-state index in [-0.39, 0.29) is 58.6 Å². The zero-order valence-corrected chi connectivity index (χ0v) is 18.2. The molecule has 0 atom stereocenters. The van der Waals surface area contributed by atoms with Gasteiger partial charge in [0.2, 0.25) is 0 Å². The molecule has 0 aromatic heterocycles. The Bertz CT molecular complexity index is 782. The maximum absolute atomic E-state index is 11.9. The van der Waals surface area contributed by atoms with Crippen LogP contribution in [0.3, 0.4) is 0 Å². The fourth-order valence-electron chi connectivity index (χ4n) is 2.04. The minimum atomic E-state index is -0.380. The molecule has 0 aliphatic heterocycles. The largest absolute Gasteiger partial charge is 0.427 e. The van der Waals surface area contributed by atoms with E-state index in [4.69, 9.17) is 9.47 Å². The van der Waals surface area contributed by atoms with Crippen molar-refractivity contribution in [3.8, 4) is 11.5 Å². The Morgan fingerprint density at radius 2 is 0.964 bits per heavy atom. The Morgan fingerprint density at radius 3 is 1.25 bits per heavy atom. The predicted molar refractivity (Wildman–Crippen MR) is 98.6 cm³/mol. The van der Waals surface area contributed by atoms with Gasteiger partial charge in [-0.3, -0.25) is 14.4 Å². The van der Waals surface area contributed by atoms with E-state index in [1.54, 1.807) is 60.7 Å². The molecule has 0 saturated carbocycles. The van der Waals surface area contributed by atoms with Crippen molar-refractivity contribution in [3.05, 3.63) is 71.8 Å². The fourth-order valence-corrected chi connectivity index (χ4v) is 2.04. The maximum atomic E-state index is 11.9. The summed E-state index contributed by atoms with van der Waals surface area (Å²) in [7, 11) is 0. The zero-order valence-electron chi connectivity index (χ0n) is 15.1. The van der Waals surface area contributed by atoms with Crippen LogP contribution in [0, 0.1) is 0 Å². The van der Waals surface area contributed by atoms with Gasteiger partial charge in [-0.05, 0) is 47.5 Å². The van der Waals surface area contributed by atoms with Crippen molar-refractivity contribution in [2.75, 3.05) is 0 Å². The number of hydrogen-bond acceptors (Lipinski definition) is 5. The fraction of sp³-hybridized carbons (Fsp3) is 0.0952. The third kappa shape index (κ3) is 9.69. The van der Waals surface area contributed by atoms with Crippen LogP contribution in [0.4, 0.5) is 0 Å². The zero-order chi connectivity index (χ0) is 18.9. The minimum Gasteiger partial charge on any atom is -0.427 e. The van der Waals surface area contributed by atoms with E-state index in [1.165, 1.54) is 26.0 Å². The van der Waals surface area contributed by atoms with Gasteiger partial charge in [0.25, 0.3) is 0 Å². The average Bonchev–Trinajstić information content (AvgIpc) is 2.59. The third-order valence-electron chi connectivity index (χ3n) is 3.16. The standard InChI is InChI=1S/C21H18O5.2Pd/c1-15(22)25-20-11-5-17(6-12-20)3-9-19(24)10-4-18-7-13-21(14-8-18)26-16(2)23;;/h3-14H,1-2H3;;/b9-3+,10-4+;;. The van der Waals surface area contributed by atoms with Gasteiger partial charge in [-0.1, -0.05) is 36.4 Å². The van der Waals surface area contributed by atoms with Gasteiger partial charge in [-0.15, -0.1) is 0 Å². The molecule has 0 N–H and O–H groups in total. The summed E-state index contributed by atoms with van der Waals surface area (Å²) in [6.45, 7) is 2.67. The number of esters is 2. The van der Waals surface area contributed by atoms with Crippen LogP contribution in [-0.2, 0) is 55.2 Å². The Labute approximate surface area is 191 Å². The van der Waals surface area contributed by atoms with E-state index >= 15 is 0 Å². The number of rotatable bonds is 6. The Morgan fingerprint density at radius 1 is 0.643 bits per heavy atom. The van der Waals surface area contributed by atoms with Crippen LogP contribution in [0.1, 0.15) is 25.0 Å². The van der Waals surface area contributed by atoms with Gasteiger partial charge in [0.1, 0.15) is 11.5 Å². The molecule has 0 spiro atoms. The van der Waals surface area contributed by atoms with Crippen LogP contribution in [-0.4, -0.2) is 17.7 Å². The normalized spacial score (nSPS) is 10.1. The first-order valence-corrected chi connectivity index (χ1v) is 7.89. The molecule has 0 bridgehead atoms. The van der Waals surface area contributed by atoms with E-state index in [0.29, 0.717) is 11.5 Å². The van der Waals surface area contributed by atoms with Gasteiger partial charge in [0.05, 0.1) is 0 Å². The Kier molecular flexibility index (Phi) is 12.1. The molecule has 0 radical (unpaired) electrons. The molecule has 5 nitrogen and oxygen atoms in total. The summed E-state index contributed by atoms with van der Waals surface area (Å²) in [6, 6.07) is 13.6. The monoisotopic (exact) mass is 562 g/mol. The van der Waals surface area contributed by atoms with Crippen LogP contribution in [0.15, 0.2) is 60.7 Å². The van der Waals surface area contributed by atoms with Crippen molar-refractivity contribution in [1.82, 2.24) is 0 Å². The second-order valence-electron chi connectivity index (χ2n) is 5.39. The smallest absolute Gasteiger partial charge is 0.308 e. The van der Waals surface area contributed by atoms with Crippen LogP contribution in [0.2, 0.25) is 0 Å². The van der Waals surface area contributed by atoms with E-state index in [1.807, 2.05) is 0 Å². The summed E-state index contributed by atoms with van der Waals surface area (Å²) in [6.07, 6.45) is 6.25. The summed E-state index contributed by atoms with van der Waals surface area (Å²) in [5.41, 5.74) is 1.63. The summed E-state index contributed by atoms with van der Waals surface area (Å²) in [5, 5.41) is 0. The molecule has 28 heavy (non-hydrogen) atoms. The van der Waals surface area contributed by atoms with Crippen molar-refractivity contribution in [2.45, 2.75) is 13.8 Å². The van der Waals surface area contributed by atoms with Gasteiger partial charge in [0.15, 0.2) is 5.78 Å². The molecule has 0 saturated heterocycles. The molecule has 7 heteroatoms. The molecule has 0 unspecified atom stereocenters. The molecule has 0 amide bonds. The SMILES string of the molecule is CC(=O)Oc1ccc(/C=C/C(=O)/C=C/c2ccc(OC(C)=O)cc2)cc1.[Pd].[Pd].